The van der Waals surface area contributed by atoms with Crippen molar-refractivity contribution in [2.75, 3.05) is 0 Å². The molecular weight excluding hydrogens is 140 g/mol. The van der Waals surface area contributed by atoms with Crippen molar-refractivity contribution in [2.45, 2.75) is 19.3 Å². The Balaban J connectivity index is 2.19. The number of carbonyl (C=O) groups is 2. The van der Waals surface area contributed by atoms with Gasteiger partial charge in [-0.2, -0.15) is 0 Å². The second-order valence-corrected chi connectivity index (χ2v) is 3.76. The number of aldehydes is 2. The zero-order valence-electron chi connectivity index (χ0n) is 6.40. The average molecular weight is 152 g/mol. The number of carbonyl (C=O) groups excluding carboxylic acids is 2. The molecule has 0 N–H and O–H groups in total. The molecule has 2 heteroatoms. The molecule has 0 aliphatic heterocycles. The molecule has 2 rings (SSSR count). The van der Waals surface area contributed by atoms with Crippen LogP contribution in [0.4, 0.5) is 0 Å². The summed E-state index contributed by atoms with van der Waals surface area (Å²) in [5.74, 6) is 1.19. The zero-order valence-corrected chi connectivity index (χ0v) is 6.40. The largest absolute Gasteiger partial charge is 0.303 e. The molecule has 2 aliphatic rings. The minimum atomic E-state index is 0.0613. The van der Waals surface area contributed by atoms with E-state index in [1.54, 1.807) is 0 Å². The van der Waals surface area contributed by atoms with Gasteiger partial charge < -0.3 is 9.59 Å². The summed E-state index contributed by atoms with van der Waals surface area (Å²) in [4.78, 5) is 21.2. The summed E-state index contributed by atoms with van der Waals surface area (Å²) < 4.78 is 0. The molecule has 0 radical (unpaired) electrons. The van der Waals surface area contributed by atoms with Crippen LogP contribution in [0.15, 0.2) is 0 Å². The number of rotatable bonds is 2. The molecule has 11 heavy (non-hydrogen) atoms. The van der Waals surface area contributed by atoms with Gasteiger partial charge in [-0.25, -0.2) is 0 Å². The summed E-state index contributed by atoms with van der Waals surface area (Å²) in [5, 5.41) is 0. The first-order valence-electron chi connectivity index (χ1n) is 4.27. The van der Waals surface area contributed by atoms with E-state index in [0.717, 1.165) is 19.0 Å². The van der Waals surface area contributed by atoms with E-state index in [2.05, 4.69) is 0 Å². The van der Waals surface area contributed by atoms with Crippen molar-refractivity contribution < 1.29 is 9.59 Å². The van der Waals surface area contributed by atoms with Gasteiger partial charge in [-0.15, -0.1) is 0 Å². The third-order valence-electron chi connectivity index (χ3n) is 3.36. The number of hydrogen-bond donors (Lipinski definition) is 0. The van der Waals surface area contributed by atoms with Crippen LogP contribution in [0.3, 0.4) is 0 Å². The highest BCUT2D eigenvalue weighted by Gasteiger charge is 2.47. The van der Waals surface area contributed by atoms with Crippen molar-refractivity contribution in [2.24, 2.45) is 23.7 Å². The molecule has 0 aromatic rings. The third kappa shape index (κ3) is 0.849. The molecule has 0 aromatic heterocycles. The molecule has 2 saturated carbocycles. The first-order chi connectivity index (χ1) is 5.36. The quantitative estimate of drug-likeness (QED) is 0.554. The molecule has 0 unspecified atom stereocenters. The van der Waals surface area contributed by atoms with Gasteiger partial charge in [-0.3, -0.25) is 0 Å². The van der Waals surface area contributed by atoms with Crippen molar-refractivity contribution in [1.82, 2.24) is 0 Å². The van der Waals surface area contributed by atoms with Crippen LogP contribution in [0.1, 0.15) is 19.3 Å². The fraction of sp³-hybridized carbons (Fsp3) is 0.778. The third-order valence-corrected chi connectivity index (χ3v) is 3.36. The van der Waals surface area contributed by atoms with E-state index in [1.807, 2.05) is 0 Å². The van der Waals surface area contributed by atoms with Crippen LogP contribution in [-0.4, -0.2) is 12.6 Å². The highest BCUT2D eigenvalue weighted by molar-refractivity contribution is 5.67. The number of fused-ring (bicyclic) bond motifs is 2. The van der Waals surface area contributed by atoms with Gasteiger partial charge in [0.05, 0.1) is 0 Å². The second kappa shape index (κ2) is 2.43. The lowest BCUT2D eigenvalue weighted by atomic mass is 9.81. The lowest BCUT2D eigenvalue weighted by molar-refractivity contribution is -0.121. The normalized spacial score (nSPS) is 47.6. The Labute approximate surface area is 66.0 Å². The second-order valence-electron chi connectivity index (χ2n) is 3.76. The monoisotopic (exact) mass is 152 g/mol. The minimum absolute atomic E-state index is 0.0613. The van der Waals surface area contributed by atoms with E-state index in [1.165, 1.54) is 12.8 Å². The van der Waals surface area contributed by atoms with Gasteiger partial charge in [-0.1, -0.05) is 0 Å². The van der Waals surface area contributed by atoms with Gasteiger partial charge in [0.2, 0.25) is 0 Å². The minimum Gasteiger partial charge on any atom is -0.303 e. The van der Waals surface area contributed by atoms with Gasteiger partial charge >= 0.3 is 0 Å². The van der Waals surface area contributed by atoms with Crippen LogP contribution >= 0.6 is 0 Å². The van der Waals surface area contributed by atoms with Crippen LogP contribution in [-0.2, 0) is 9.59 Å². The summed E-state index contributed by atoms with van der Waals surface area (Å²) in [7, 11) is 0. The van der Waals surface area contributed by atoms with E-state index >= 15 is 0 Å². The van der Waals surface area contributed by atoms with Gasteiger partial charge in [0.1, 0.15) is 12.6 Å². The Morgan fingerprint density at radius 1 is 0.909 bits per heavy atom. The molecule has 2 aliphatic carbocycles. The molecule has 2 fully saturated rings. The van der Waals surface area contributed by atoms with E-state index in [0.29, 0.717) is 11.8 Å². The first-order valence-corrected chi connectivity index (χ1v) is 4.27. The fourth-order valence-electron chi connectivity index (χ4n) is 2.78. The highest BCUT2D eigenvalue weighted by atomic mass is 16.1. The van der Waals surface area contributed by atoms with Crippen LogP contribution < -0.4 is 0 Å². The molecular formula is C9H12O2. The summed E-state index contributed by atoms with van der Waals surface area (Å²) in [5.41, 5.74) is 0. The maximum Gasteiger partial charge on any atom is 0.124 e. The Kier molecular flexibility index (Phi) is 1.55. The summed E-state index contributed by atoms with van der Waals surface area (Å²) >= 11 is 0. The molecule has 0 aromatic carbocycles. The zero-order chi connectivity index (χ0) is 7.84. The molecule has 2 bridgehead atoms. The summed E-state index contributed by atoms with van der Waals surface area (Å²) in [6.45, 7) is 0. The molecule has 0 amide bonds. The molecule has 60 valence electrons. The summed E-state index contributed by atoms with van der Waals surface area (Å²) in [6, 6.07) is 0. The fourth-order valence-corrected chi connectivity index (χ4v) is 2.78. The first kappa shape index (κ1) is 7.01. The van der Waals surface area contributed by atoms with Crippen molar-refractivity contribution >= 4 is 12.6 Å². The van der Waals surface area contributed by atoms with Crippen molar-refractivity contribution in [3.63, 3.8) is 0 Å². The van der Waals surface area contributed by atoms with Crippen LogP contribution in [0, 0.1) is 23.7 Å². The smallest absolute Gasteiger partial charge is 0.124 e. The van der Waals surface area contributed by atoms with Gasteiger partial charge in [0, 0.05) is 11.8 Å². The maximum absolute atomic E-state index is 10.6. The molecule has 2 nitrogen and oxygen atoms in total. The van der Waals surface area contributed by atoms with Crippen molar-refractivity contribution in [3.05, 3.63) is 0 Å². The Morgan fingerprint density at radius 3 is 1.73 bits per heavy atom. The van der Waals surface area contributed by atoms with E-state index in [4.69, 9.17) is 0 Å². The predicted octanol–water partition coefficient (Wildman–Crippen LogP) is 1.05. The Bertz CT molecular complexity index is 168. The Hall–Kier alpha value is -0.660. The lowest BCUT2D eigenvalue weighted by Crippen LogP contribution is -2.24. The topological polar surface area (TPSA) is 34.1 Å². The standard InChI is InChI=1S/C9H12O2/c10-4-8-6-1-2-7(3-6)9(8)5-11/h4-9H,1-3H2/t6-,7+,8-,9-/m0/s1. The summed E-state index contributed by atoms with van der Waals surface area (Å²) in [6.07, 6.45) is 5.43. The Morgan fingerprint density at radius 2 is 1.36 bits per heavy atom. The van der Waals surface area contributed by atoms with Crippen LogP contribution in [0.25, 0.3) is 0 Å². The van der Waals surface area contributed by atoms with Gasteiger partial charge in [0.25, 0.3) is 0 Å². The number of hydrogen-bond acceptors (Lipinski definition) is 2. The molecule has 0 saturated heterocycles. The van der Waals surface area contributed by atoms with E-state index < -0.39 is 0 Å². The van der Waals surface area contributed by atoms with Crippen molar-refractivity contribution in [3.8, 4) is 0 Å². The maximum atomic E-state index is 10.6. The lowest BCUT2D eigenvalue weighted by Gasteiger charge is -2.21. The molecule has 0 heterocycles. The van der Waals surface area contributed by atoms with Crippen LogP contribution in [0.2, 0.25) is 0 Å². The highest BCUT2D eigenvalue weighted by Crippen LogP contribution is 2.50. The van der Waals surface area contributed by atoms with Gasteiger partial charge in [-0.05, 0) is 31.1 Å². The van der Waals surface area contributed by atoms with E-state index in [-0.39, 0.29) is 11.8 Å². The average Bonchev–Trinajstić information content (AvgIpc) is 2.60. The predicted molar refractivity (Wildman–Crippen MR) is 39.9 cm³/mol. The van der Waals surface area contributed by atoms with Gasteiger partial charge in [0.15, 0.2) is 0 Å². The molecule has 4 atom stereocenters. The van der Waals surface area contributed by atoms with Crippen LogP contribution in [0.5, 0.6) is 0 Å². The SMILES string of the molecule is O=C[C@H]1[C@@H]2CC[C@@H](C2)[C@@H]1C=O. The molecule has 0 spiro atoms. The van der Waals surface area contributed by atoms with Crippen molar-refractivity contribution in [1.29, 1.82) is 0 Å². The van der Waals surface area contributed by atoms with E-state index in [9.17, 15) is 9.59 Å².